The normalized spacial score (nSPS) is 11.5. The number of sulfonamides is 1. The van der Waals surface area contributed by atoms with Crippen LogP contribution in [0.4, 0.5) is 11.4 Å². The van der Waals surface area contributed by atoms with Crippen molar-refractivity contribution in [3.63, 3.8) is 0 Å². The minimum Gasteiger partial charge on any atom is -0.280 e. The molecule has 3 rings (SSSR count). The van der Waals surface area contributed by atoms with Crippen molar-refractivity contribution in [2.75, 3.05) is 4.72 Å². The number of nitrogens with one attached hydrogen (secondary N) is 1. The highest BCUT2D eigenvalue weighted by Gasteiger charge is 2.20. The molecule has 7 nitrogen and oxygen atoms in total. The first-order valence-electron chi connectivity index (χ1n) is 8.01. The number of benzene rings is 2. The van der Waals surface area contributed by atoms with Gasteiger partial charge in [-0.25, -0.2) is 8.42 Å². The zero-order valence-electron chi connectivity index (χ0n) is 14.3. The number of aromatic nitrogens is 1. The lowest BCUT2D eigenvalue weighted by Gasteiger charge is -2.09. The SMILES string of the molecule is O=[N+]([O-])c1cc(S(=O)(=O)Nc2cccc(/C=C/c3ccccn3)c2)ccc1Cl. The summed E-state index contributed by atoms with van der Waals surface area (Å²) < 4.78 is 27.6. The lowest BCUT2D eigenvalue weighted by molar-refractivity contribution is -0.384. The van der Waals surface area contributed by atoms with Gasteiger partial charge in [-0.15, -0.1) is 0 Å². The molecule has 0 amide bonds. The third-order valence-electron chi connectivity index (χ3n) is 3.70. The standard InChI is InChI=1S/C19H14ClN3O4S/c20-18-10-9-17(13-19(18)23(24)25)28(26,27)22-16-6-3-4-14(12-16)7-8-15-5-1-2-11-21-15/h1-13,22H/b8-7+. The van der Waals surface area contributed by atoms with Crippen LogP contribution in [0.15, 0.2) is 71.8 Å². The molecule has 9 heteroatoms. The van der Waals surface area contributed by atoms with Crippen molar-refractivity contribution in [2.45, 2.75) is 4.90 Å². The molecule has 0 saturated heterocycles. The maximum atomic E-state index is 12.6. The smallest absolute Gasteiger partial charge is 0.280 e. The van der Waals surface area contributed by atoms with Crippen LogP contribution in [-0.4, -0.2) is 18.3 Å². The molecule has 0 radical (unpaired) electrons. The van der Waals surface area contributed by atoms with Crippen molar-refractivity contribution in [1.29, 1.82) is 0 Å². The quantitative estimate of drug-likeness (QED) is 0.467. The largest absolute Gasteiger partial charge is 0.289 e. The Bertz CT molecular complexity index is 1150. The van der Waals surface area contributed by atoms with Crippen molar-refractivity contribution >= 4 is 45.2 Å². The lowest BCUT2D eigenvalue weighted by atomic mass is 10.2. The Morgan fingerprint density at radius 1 is 1.04 bits per heavy atom. The molecule has 142 valence electrons. The zero-order valence-corrected chi connectivity index (χ0v) is 15.9. The monoisotopic (exact) mass is 415 g/mol. The van der Waals surface area contributed by atoms with Crippen molar-refractivity contribution in [3.05, 3.63) is 93.3 Å². The number of hydrogen-bond donors (Lipinski definition) is 1. The first-order chi connectivity index (χ1) is 13.3. The molecule has 2 aromatic carbocycles. The zero-order chi connectivity index (χ0) is 20.1. The Labute approximate surface area is 166 Å². The first kappa shape index (κ1) is 19.5. The highest BCUT2D eigenvalue weighted by atomic mass is 35.5. The molecule has 0 aliphatic heterocycles. The molecule has 1 heterocycles. The van der Waals surface area contributed by atoms with E-state index in [0.717, 1.165) is 17.3 Å². The number of rotatable bonds is 6. The molecular formula is C19H14ClN3O4S. The van der Waals surface area contributed by atoms with E-state index in [4.69, 9.17) is 11.6 Å². The fraction of sp³-hybridized carbons (Fsp3) is 0. The molecule has 0 aliphatic rings. The van der Waals surface area contributed by atoms with E-state index in [-0.39, 0.29) is 9.92 Å². The summed E-state index contributed by atoms with van der Waals surface area (Å²) in [6, 6.07) is 15.6. The second kappa shape index (κ2) is 8.20. The van der Waals surface area contributed by atoms with Gasteiger partial charge < -0.3 is 0 Å². The van der Waals surface area contributed by atoms with Crippen LogP contribution >= 0.6 is 11.6 Å². The van der Waals surface area contributed by atoms with Crippen LogP contribution in [0.5, 0.6) is 0 Å². The predicted molar refractivity (Wildman–Crippen MR) is 109 cm³/mol. The fourth-order valence-corrected chi connectivity index (χ4v) is 3.63. The summed E-state index contributed by atoms with van der Waals surface area (Å²) in [6.07, 6.45) is 5.28. The van der Waals surface area contributed by atoms with E-state index in [1.165, 1.54) is 12.1 Å². The topological polar surface area (TPSA) is 102 Å². The number of halogens is 1. The van der Waals surface area contributed by atoms with E-state index >= 15 is 0 Å². The van der Waals surface area contributed by atoms with E-state index < -0.39 is 20.6 Å². The molecule has 1 aromatic heterocycles. The van der Waals surface area contributed by atoms with Crippen molar-refractivity contribution in [1.82, 2.24) is 4.98 Å². The van der Waals surface area contributed by atoms with Crippen LogP contribution < -0.4 is 4.72 Å². The third kappa shape index (κ3) is 4.73. The van der Waals surface area contributed by atoms with E-state index in [1.807, 2.05) is 24.3 Å². The number of anilines is 1. The Morgan fingerprint density at radius 3 is 2.57 bits per heavy atom. The summed E-state index contributed by atoms with van der Waals surface area (Å²) in [5.74, 6) is 0. The molecule has 0 spiro atoms. The Balaban J connectivity index is 1.84. The van der Waals surface area contributed by atoms with Crippen LogP contribution in [-0.2, 0) is 10.0 Å². The average Bonchev–Trinajstić information content (AvgIpc) is 2.67. The molecule has 3 aromatic rings. The van der Waals surface area contributed by atoms with Crippen molar-refractivity contribution in [2.24, 2.45) is 0 Å². The van der Waals surface area contributed by atoms with Crippen LogP contribution in [0, 0.1) is 10.1 Å². The Hall–Kier alpha value is -3.23. The third-order valence-corrected chi connectivity index (χ3v) is 5.40. The summed E-state index contributed by atoms with van der Waals surface area (Å²) in [7, 11) is -4.02. The van der Waals surface area contributed by atoms with Gasteiger partial charge in [0.25, 0.3) is 15.7 Å². The molecule has 28 heavy (non-hydrogen) atoms. The Kier molecular flexibility index (Phi) is 5.72. The van der Waals surface area contributed by atoms with E-state index in [0.29, 0.717) is 5.69 Å². The molecule has 0 unspecified atom stereocenters. The lowest BCUT2D eigenvalue weighted by Crippen LogP contribution is -2.13. The summed E-state index contributed by atoms with van der Waals surface area (Å²) >= 11 is 5.74. The van der Waals surface area contributed by atoms with Gasteiger partial charge in [0.05, 0.1) is 15.5 Å². The molecule has 0 aliphatic carbocycles. The van der Waals surface area contributed by atoms with Crippen LogP contribution in [0.1, 0.15) is 11.3 Å². The minimum absolute atomic E-state index is 0.134. The van der Waals surface area contributed by atoms with E-state index in [2.05, 4.69) is 9.71 Å². The van der Waals surface area contributed by atoms with Crippen LogP contribution in [0.25, 0.3) is 12.2 Å². The van der Waals surface area contributed by atoms with Gasteiger partial charge in [0, 0.05) is 18.0 Å². The maximum absolute atomic E-state index is 12.6. The summed E-state index contributed by atoms with van der Waals surface area (Å²) in [5.41, 5.74) is 1.37. The number of nitro benzene ring substituents is 1. The van der Waals surface area contributed by atoms with Gasteiger partial charge >= 0.3 is 0 Å². The number of pyridine rings is 1. The van der Waals surface area contributed by atoms with Gasteiger partial charge in [-0.3, -0.25) is 19.8 Å². The number of hydrogen-bond acceptors (Lipinski definition) is 5. The van der Waals surface area contributed by atoms with Gasteiger partial charge in [0.15, 0.2) is 0 Å². The average molecular weight is 416 g/mol. The van der Waals surface area contributed by atoms with Crippen LogP contribution in [0.2, 0.25) is 5.02 Å². The number of nitrogens with zero attached hydrogens (tertiary/aromatic N) is 2. The molecule has 0 bridgehead atoms. The molecular weight excluding hydrogens is 402 g/mol. The minimum atomic E-state index is -4.02. The summed E-state index contributed by atoms with van der Waals surface area (Å²) in [5, 5.41) is 10.9. The predicted octanol–water partition coefficient (Wildman–Crippen LogP) is 4.61. The summed E-state index contributed by atoms with van der Waals surface area (Å²) in [4.78, 5) is 14.2. The molecule has 1 N–H and O–H groups in total. The Morgan fingerprint density at radius 2 is 1.86 bits per heavy atom. The fourth-order valence-electron chi connectivity index (χ4n) is 2.38. The number of nitro groups is 1. The van der Waals surface area contributed by atoms with Crippen LogP contribution in [0.3, 0.4) is 0 Å². The van der Waals surface area contributed by atoms with Crippen molar-refractivity contribution < 1.29 is 13.3 Å². The molecule has 0 fully saturated rings. The van der Waals surface area contributed by atoms with Gasteiger partial charge in [0.1, 0.15) is 5.02 Å². The maximum Gasteiger partial charge on any atom is 0.289 e. The second-order valence-corrected chi connectivity index (χ2v) is 7.78. The van der Waals surface area contributed by atoms with Crippen molar-refractivity contribution in [3.8, 4) is 0 Å². The van der Waals surface area contributed by atoms with Gasteiger partial charge in [-0.05, 0) is 48.0 Å². The first-order valence-corrected chi connectivity index (χ1v) is 9.87. The molecule has 0 atom stereocenters. The summed E-state index contributed by atoms with van der Waals surface area (Å²) in [6.45, 7) is 0. The highest BCUT2D eigenvalue weighted by molar-refractivity contribution is 7.92. The van der Waals surface area contributed by atoms with E-state index in [1.54, 1.807) is 36.5 Å². The van der Waals surface area contributed by atoms with Gasteiger partial charge in [-0.1, -0.05) is 35.9 Å². The van der Waals surface area contributed by atoms with Gasteiger partial charge in [-0.2, -0.15) is 0 Å². The second-order valence-electron chi connectivity index (χ2n) is 5.69. The molecule has 0 saturated carbocycles. The van der Waals surface area contributed by atoms with E-state index in [9.17, 15) is 18.5 Å². The van der Waals surface area contributed by atoms with Gasteiger partial charge in [0.2, 0.25) is 0 Å². The highest BCUT2D eigenvalue weighted by Crippen LogP contribution is 2.28.